The highest BCUT2D eigenvalue weighted by atomic mass is 19.4. The molecule has 0 fully saturated rings. The van der Waals surface area contributed by atoms with Gasteiger partial charge in [0.05, 0.1) is 5.39 Å². The standard InChI is InChI=1S/C23H15F3O7/c1-12-2-4-13(5-3-12)32-20-19(27)16-8-6-14(10-18(16)33-21(20)23(24,25)26)30-11-15-7-9-17(31-15)22(28)29/h2-10H,11H2,1H3,(H,28,29)/p-1. The molecule has 0 radical (unpaired) electrons. The first kappa shape index (κ1) is 22.0. The van der Waals surface area contributed by atoms with Crippen molar-refractivity contribution >= 4 is 16.9 Å². The number of rotatable bonds is 6. The van der Waals surface area contributed by atoms with E-state index in [1.807, 2.05) is 0 Å². The minimum absolute atomic E-state index is 0.0482. The molecular weight excluding hydrogens is 445 g/mol. The van der Waals surface area contributed by atoms with Crippen LogP contribution in [0.15, 0.2) is 68.2 Å². The molecule has 4 rings (SSSR count). The van der Waals surface area contributed by atoms with E-state index in [2.05, 4.69) is 0 Å². The Morgan fingerprint density at radius 1 is 1.00 bits per heavy atom. The van der Waals surface area contributed by atoms with Crippen LogP contribution in [0.25, 0.3) is 11.0 Å². The van der Waals surface area contributed by atoms with Crippen molar-refractivity contribution in [3.05, 3.63) is 87.7 Å². The number of carboxylic acid groups (broad SMARTS) is 1. The number of carbonyl (C=O) groups excluding carboxylic acids is 1. The molecule has 0 bridgehead atoms. The Bertz CT molecular complexity index is 1380. The number of hydrogen-bond donors (Lipinski definition) is 0. The van der Waals surface area contributed by atoms with Gasteiger partial charge >= 0.3 is 6.18 Å². The number of carbonyl (C=O) groups is 1. The molecule has 0 N–H and O–H groups in total. The molecule has 4 aromatic rings. The Morgan fingerprint density at radius 2 is 1.70 bits per heavy atom. The summed E-state index contributed by atoms with van der Waals surface area (Å²) in [5, 5.41) is 10.6. The number of halogens is 3. The van der Waals surface area contributed by atoms with E-state index < -0.39 is 34.8 Å². The molecule has 0 amide bonds. The van der Waals surface area contributed by atoms with Gasteiger partial charge in [-0.05, 0) is 43.3 Å². The summed E-state index contributed by atoms with van der Waals surface area (Å²) in [5.41, 5.74) is -0.502. The maximum Gasteiger partial charge on any atom is 0.453 e. The highest BCUT2D eigenvalue weighted by molar-refractivity contribution is 5.82. The molecule has 0 spiro atoms. The zero-order chi connectivity index (χ0) is 23.8. The number of hydrogen-bond acceptors (Lipinski definition) is 7. The fourth-order valence-electron chi connectivity index (χ4n) is 2.97. The number of aryl methyl sites for hydroxylation is 1. The second kappa shape index (κ2) is 8.38. The molecule has 7 nitrogen and oxygen atoms in total. The molecule has 2 aromatic heterocycles. The lowest BCUT2D eigenvalue weighted by Crippen LogP contribution is -2.21. The molecule has 0 aliphatic heterocycles. The number of aromatic carboxylic acids is 1. The van der Waals surface area contributed by atoms with Crippen molar-refractivity contribution in [1.82, 2.24) is 0 Å². The number of benzene rings is 2. The minimum Gasteiger partial charge on any atom is -0.542 e. The Kier molecular flexibility index (Phi) is 5.59. The summed E-state index contributed by atoms with van der Waals surface area (Å²) in [4.78, 5) is 23.6. The molecular formula is C23H14F3O7-. The van der Waals surface area contributed by atoms with Gasteiger partial charge in [0.2, 0.25) is 11.2 Å². The first-order chi connectivity index (χ1) is 15.6. The molecule has 170 valence electrons. The van der Waals surface area contributed by atoms with E-state index in [0.717, 1.165) is 11.6 Å². The van der Waals surface area contributed by atoms with E-state index in [0.29, 0.717) is 0 Å². The number of fused-ring (bicyclic) bond motifs is 1. The van der Waals surface area contributed by atoms with Crippen LogP contribution in [0.5, 0.6) is 17.2 Å². The van der Waals surface area contributed by atoms with Crippen LogP contribution < -0.4 is 20.0 Å². The average Bonchev–Trinajstić information content (AvgIpc) is 3.24. The molecule has 0 aliphatic carbocycles. The quantitative estimate of drug-likeness (QED) is 0.420. The van der Waals surface area contributed by atoms with Gasteiger partial charge in [-0.1, -0.05) is 17.7 Å². The molecule has 0 aliphatic rings. The van der Waals surface area contributed by atoms with Gasteiger partial charge in [-0.15, -0.1) is 0 Å². The molecule has 0 saturated carbocycles. The highest BCUT2D eigenvalue weighted by Crippen LogP contribution is 2.38. The van der Waals surface area contributed by atoms with Crippen LogP contribution in [0.2, 0.25) is 0 Å². The van der Waals surface area contributed by atoms with Crippen molar-refractivity contribution in [3.8, 4) is 17.2 Å². The van der Waals surface area contributed by atoms with Crippen LogP contribution in [0.3, 0.4) is 0 Å². The molecule has 33 heavy (non-hydrogen) atoms. The lowest BCUT2D eigenvalue weighted by molar-refractivity contribution is -0.257. The SMILES string of the molecule is Cc1ccc(Oc2c(C(F)(F)F)oc3cc(OCc4ccc(C(=O)[O-])o4)ccc3c2=O)cc1. The van der Waals surface area contributed by atoms with Gasteiger partial charge in [0.15, 0.2) is 0 Å². The van der Waals surface area contributed by atoms with Gasteiger partial charge in [-0.25, -0.2) is 0 Å². The maximum absolute atomic E-state index is 13.7. The third-order valence-electron chi connectivity index (χ3n) is 4.56. The fourth-order valence-corrected chi connectivity index (χ4v) is 2.97. The summed E-state index contributed by atoms with van der Waals surface area (Å²) in [6, 6.07) is 12.4. The lowest BCUT2D eigenvalue weighted by Gasteiger charge is -2.14. The van der Waals surface area contributed by atoms with Crippen LogP contribution >= 0.6 is 0 Å². The van der Waals surface area contributed by atoms with Crippen molar-refractivity contribution in [2.75, 3.05) is 0 Å². The monoisotopic (exact) mass is 459 g/mol. The Hall–Kier alpha value is -4.21. The summed E-state index contributed by atoms with van der Waals surface area (Å²) in [7, 11) is 0. The normalized spacial score (nSPS) is 11.5. The predicted molar refractivity (Wildman–Crippen MR) is 106 cm³/mol. The Balaban J connectivity index is 1.68. The van der Waals surface area contributed by atoms with Gasteiger partial charge in [-0.2, -0.15) is 13.2 Å². The fraction of sp³-hybridized carbons (Fsp3) is 0.130. The van der Waals surface area contributed by atoms with Crippen LogP contribution in [-0.2, 0) is 12.8 Å². The van der Waals surface area contributed by atoms with Crippen molar-refractivity contribution in [1.29, 1.82) is 0 Å². The molecule has 2 aromatic carbocycles. The van der Waals surface area contributed by atoms with Crippen LogP contribution in [-0.4, -0.2) is 5.97 Å². The van der Waals surface area contributed by atoms with Crippen LogP contribution in [0, 0.1) is 6.92 Å². The first-order valence-corrected chi connectivity index (χ1v) is 9.47. The first-order valence-electron chi connectivity index (χ1n) is 9.47. The average molecular weight is 459 g/mol. The summed E-state index contributed by atoms with van der Waals surface area (Å²) >= 11 is 0. The van der Waals surface area contributed by atoms with Crippen LogP contribution in [0.4, 0.5) is 13.2 Å². The second-order valence-corrected chi connectivity index (χ2v) is 7.00. The number of ether oxygens (including phenoxy) is 2. The van der Waals surface area contributed by atoms with Crippen LogP contribution in [0.1, 0.15) is 27.6 Å². The minimum atomic E-state index is -5.00. The van der Waals surface area contributed by atoms with Gasteiger partial charge in [0.25, 0.3) is 5.76 Å². The van der Waals surface area contributed by atoms with E-state index in [1.54, 1.807) is 19.1 Å². The molecule has 0 atom stereocenters. The zero-order valence-electron chi connectivity index (χ0n) is 16.9. The van der Waals surface area contributed by atoms with E-state index in [-0.39, 0.29) is 34.8 Å². The van der Waals surface area contributed by atoms with Gasteiger partial charge in [-0.3, -0.25) is 4.79 Å². The highest BCUT2D eigenvalue weighted by Gasteiger charge is 2.40. The second-order valence-electron chi connectivity index (χ2n) is 7.00. The lowest BCUT2D eigenvalue weighted by atomic mass is 10.2. The maximum atomic E-state index is 13.7. The van der Waals surface area contributed by atoms with Crippen molar-refractivity contribution in [2.45, 2.75) is 19.7 Å². The van der Waals surface area contributed by atoms with Crippen molar-refractivity contribution in [3.63, 3.8) is 0 Å². The van der Waals surface area contributed by atoms with E-state index in [9.17, 15) is 27.9 Å². The Labute approximate surface area is 183 Å². The summed E-state index contributed by atoms with van der Waals surface area (Å²) in [6.45, 7) is 1.58. The molecule has 2 heterocycles. The third-order valence-corrected chi connectivity index (χ3v) is 4.56. The zero-order valence-corrected chi connectivity index (χ0v) is 16.9. The topological polar surface area (TPSA) is 102 Å². The molecule has 10 heteroatoms. The van der Waals surface area contributed by atoms with Gasteiger partial charge < -0.3 is 28.2 Å². The van der Waals surface area contributed by atoms with E-state index in [4.69, 9.17) is 18.3 Å². The van der Waals surface area contributed by atoms with E-state index >= 15 is 0 Å². The largest absolute Gasteiger partial charge is 0.542 e. The van der Waals surface area contributed by atoms with Gasteiger partial charge in [0.1, 0.15) is 41.2 Å². The summed E-state index contributed by atoms with van der Waals surface area (Å²) < 4.78 is 61.6. The predicted octanol–water partition coefficient (Wildman–Crippen LogP) is 4.45. The summed E-state index contributed by atoms with van der Waals surface area (Å²) in [5.74, 6) is -4.19. The molecule has 0 saturated heterocycles. The Morgan fingerprint density at radius 3 is 2.33 bits per heavy atom. The smallest absolute Gasteiger partial charge is 0.453 e. The summed E-state index contributed by atoms with van der Waals surface area (Å²) in [6.07, 6.45) is -5.00. The van der Waals surface area contributed by atoms with Crippen molar-refractivity contribution < 1.29 is 41.4 Å². The van der Waals surface area contributed by atoms with E-state index in [1.165, 1.54) is 36.4 Å². The number of alkyl halides is 3. The number of carboxylic acids is 1. The van der Waals surface area contributed by atoms with Gasteiger partial charge in [0, 0.05) is 6.07 Å². The number of furan rings is 1. The van der Waals surface area contributed by atoms with Crippen molar-refractivity contribution in [2.24, 2.45) is 0 Å². The third kappa shape index (κ3) is 4.69. The molecule has 0 unspecified atom stereocenters.